The number of aliphatic carboxylic acids is 1. The van der Waals surface area contributed by atoms with Crippen molar-refractivity contribution in [3.63, 3.8) is 0 Å². The van der Waals surface area contributed by atoms with E-state index >= 15 is 0 Å². The highest BCUT2D eigenvalue weighted by molar-refractivity contribution is 7.90. The fraction of sp³-hybridized carbons (Fsp3) is 0.462. The maximum absolute atomic E-state index is 12.5. The first-order valence-corrected chi connectivity index (χ1v) is 7.80. The third kappa shape index (κ3) is 4.21. The van der Waals surface area contributed by atoms with Crippen LogP contribution in [0.25, 0.3) is 0 Å². The molecule has 0 spiro atoms. The second kappa shape index (κ2) is 7.25. The predicted molar refractivity (Wildman–Crippen MR) is 77.9 cm³/mol. The Kier molecular flexibility index (Phi) is 5.97. The number of nitrogens with zero attached hydrogens (tertiary/aromatic N) is 2. The molecule has 112 valence electrons. The first-order valence-electron chi connectivity index (χ1n) is 6.40. The zero-order valence-corrected chi connectivity index (χ0v) is 12.5. The molecule has 0 saturated carbocycles. The van der Waals surface area contributed by atoms with Gasteiger partial charge >= 0.3 is 16.2 Å². The maximum atomic E-state index is 12.5. The van der Waals surface area contributed by atoms with Crippen molar-refractivity contribution in [3.8, 4) is 0 Å². The molecule has 1 rings (SSSR count). The van der Waals surface area contributed by atoms with Crippen LogP contribution in [0.3, 0.4) is 0 Å². The molecule has 0 saturated heterocycles. The molecule has 1 aromatic carbocycles. The fourth-order valence-corrected chi connectivity index (χ4v) is 3.05. The Morgan fingerprint density at radius 2 is 1.85 bits per heavy atom. The number of carboxylic acids is 1. The Bertz CT molecular complexity index is 531. The van der Waals surface area contributed by atoms with Crippen molar-refractivity contribution in [3.05, 3.63) is 30.3 Å². The Hall–Kier alpha value is -1.60. The summed E-state index contributed by atoms with van der Waals surface area (Å²) in [6, 6.07) is 8.25. The van der Waals surface area contributed by atoms with Crippen LogP contribution in [0.5, 0.6) is 0 Å². The van der Waals surface area contributed by atoms with Gasteiger partial charge in [0.2, 0.25) is 0 Å². The van der Waals surface area contributed by atoms with E-state index in [1.54, 1.807) is 30.3 Å². The van der Waals surface area contributed by atoms with Crippen molar-refractivity contribution in [2.24, 2.45) is 0 Å². The fourth-order valence-electron chi connectivity index (χ4n) is 1.69. The highest BCUT2D eigenvalue weighted by Crippen LogP contribution is 2.19. The van der Waals surface area contributed by atoms with E-state index in [0.717, 1.165) is 17.1 Å². The molecule has 0 atom stereocenters. The number of anilines is 1. The van der Waals surface area contributed by atoms with Crippen LogP contribution >= 0.6 is 0 Å². The quantitative estimate of drug-likeness (QED) is 0.790. The third-order valence-electron chi connectivity index (χ3n) is 2.82. The lowest BCUT2D eigenvalue weighted by atomic mass is 10.3. The third-order valence-corrected chi connectivity index (χ3v) is 4.69. The molecule has 20 heavy (non-hydrogen) atoms. The maximum Gasteiger partial charge on any atom is 0.324 e. The average Bonchev–Trinajstić information content (AvgIpc) is 2.42. The molecule has 0 aromatic heterocycles. The minimum atomic E-state index is -3.84. The van der Waals surface area contributed by atoms with Gasteiger partial charge in [0.25, 0.3) is 0 Å². The molecule has 0 fully saturated rings. The number of hydrogen-bond donors (Lipinski definition) is 1. The van der Waals surface area contributed by atoms with Gasteiger partial charge in [-0.25, -0.2) is 4.31 Å². The molecule has 1 N–H and O–H groups in total. The van der Waals surface area contributed by atoms with Gasteiger partial charge in [-0.3, -0.25) is 4.79 Å². The molecule has 0 amide bonds. The zero-order valence-electron chi connectivity index (χ0n) is 11.7. The largest absolute Gasteiger partial charge is 0.480 e. The second-order valence-corrected chi connectivity index (χ2v) is 6.38. The molecule has 1 aromatic rings. The number of benzene rings is 1. The first-order chi connectivity index (χ1) is 9.39. The normalized spacial score (nSPS) is 11.6. The second-order valence-electron chi connectivity index (χ2n) is 4.42. The van der Waals surface area contributed by atoms with Crippen molar-refractivity contribution >= 4 is 21.9 Å². The molecular formula is C13H20N2O4S. The molecule has 0 aliphatic carbocycles. The van der Waals surface area contributed by atoms with Gasteiger partial charge in [0, 0.05) is 13.6 Å². The Labute approximate surface area is 119 Å². The van der Waals surface area contributed by atoms with E-state index in [9.17, 15) is 13.2 Å². The SMILES string of the molecule is CCCCN(C)S(=O)(=O)N(CC(=O)O)c1ccccc1. The smallest absolute Gasteiger partial charge is 0.324 e. The summed E-state index contributed by atoms with van der Waals surface area (Å²) in [5.74, 6) is -1.19. The molecule has 0 heterocycles. The zero-order chi connectivity index (χ0) is 15.2. The van der Waals surface area contributed by atoms with Crippen molar-refractivity contribution in [1.82, 2.24) is 4.31 Å². The molecule has 0 unspecified atom stereocenters. The van der Waals surface area contributed by atoms with E-state index < -0.39 is 22.7 Å². The number of unbranched alkanes of at least 4 members (excludes halogenated alkanes) is 1. The average molecular weight is 300 g/mol. The molecule has 0 aliphatic heterocycles. The van der Waals surface area contributed by atoms with Gasteiger partial charge in [-0.05, 0) is 18.6 Å². The van der Waals surface area contributed by atoms with Gasteiger partial charge < -0.3 is 5.11 Å². The lowest BCUT2D eigenvalue weighted by molar-refractivity contribution is -0.135. The van der Waals surface area contributed by atoms with Crippen LogP contribution in [-0.2, 0) is 15.0 Å². The van der Waals surface area contributed by atoms with Gasteiger partial charge in [0.1, 0.15) is 6.54 Å². The van der Waals surface area contributed by atoms with E-state index in [1.165, 1.54) is 11.4 Å². The van der Waals surface area contributed by atoms with Crippen LogP contribution < -0.4 is 4.31 Å². The molecule has 0 bridgehead atoms. The summed E-state index contributed by atoms with van der Waals surface area (Å²) in [5, 5.41) is 8.94. The van der Waals surface area contributed by atoms with Crippen LogP contribution in [-0.4, -0.2) is 43.9 Å². The highest BCUT2D eigenvalue weighted by atomic mass is 32.2. The van der Waals surface area contributed by atoms with E-state index in [0.29, 0.717) is 12.2 Å². The standard InChI is InChI=1S/C13H20N2O4S/c1-3-4-10-14(2)20(18,19)15(11-13(16)17)12-8-6-5-7-9-12/h5-9H,3-4,10-11H2,1-2H3,(H,16,17). The molecule has 7 heteroatoms. The highest BCUT2D eigenvalue weighted by Gasteiger charge is 2.28. The van der Waals surface area contributed by atoms with Crippen molar-refractivity contribution in [2.45, 2.75) is 19.8 Å². The van der Waals surface area contributed by atoms with Gasteiger partial charge in [-0.1, -0.05) is 31.5 Å². The van der Waals surface area contributed by atoms with Crippen molar-refractivity contribution < 1.29 is 18.3 Å². The van der Waals surface area contributed by atoms with E-state index in [4.69, 9.17) is 5.11 Å². The minimum Gasteiger partial charge on any atom is -0.480 e. The number of carbonyl (C=O) groups is 1. The summed E-state index contributed by atoms with van der Waals surface area (Å²) >= 11 is 0. The summed E-state index contributed by atoms with van der Waals surface area (Å²) in [5.41, 5.74) is 0.346. The van der Waals surface area contributed by atoms with E-state index in [1.807, 2.05) is 6.92 Å². The Balaban J connectivity index is 3.07. The lowest BCUT2D eigenvalue weighted by Crippen LogP contribution is -2.44. The Morgan fingerprint density at radius 3 is 2.35 bits per heavy atom. The van der Waals surface area contributed by atoms with Crippen molar-refractivity contribution in [1.29, 1.82) is 0 Å². The van der Waals surface area contributed by atoms with Gasteiger partial charge in [-0.15, -0.1) is 0 Å². The predicted octanol–water partition coefficient (Wildman–Crippen LogP) is 1.55. The number of hydrogen-bond acceptors (Lipinski definition) is 3. The number of rotatable bonds is 8. The van der Waals surface area contributed by atoms with Crippen molar-refractivity contribution in [2.75, 3.05) is 24.4 Å². The minimum absolute atomic E-state index is 0.346. The summed E-state index contributed by atoms with van der Waals surface area (Å²) in [6.07, 6.45) is 1.59. The summed E-state index contributed by atoms with van der Waals surface area (Å²) in [7, 11) is -2.37. The molecular weight excluding hydrogens is 280 g/mol. The van der Waals surface area contributed by atoms with E-state index in [-0.39, 0.29) is 0 Å². The lowest BCUT2D eigenvalue weighted by Gasteiger charge is -2.27. The van der Waals surface area contributed by atoms with Crippen LogP contribution in [0, 0.1) is 0 Å². The summed E-state index contributed by atoms with van der Waals surface area (Å²) < 4.78 is 27.0. The first kappa shape index (κ1) is 16.5. The van der Waals surface area contributed by atoms with E-state index in [2.05, 4.69) is 0 Å². The summed E-state index contributed by atoms with van der Waals surface area (Å²) in [6.45, 7) is 1.73. The number of carboxylic acid groups (broad SMARTS) is 1. The van der Waals surface area contributed by atoms with Gasteiger partial charge in [-0.2, -0.15) is 12.7 Å². The monoisotopic (exact) mass is 300 g/mol. The van der Waals surface area contributed by atoms with Crippen LogP contribution in [0.15, 0.2) is 30.3 Å². The van der Waals surface area contributed by atoms with Crippen LogP contribution in [0.4, 0.5) is 5.69 Å². The van der Waals surface area contributed by atoms with Gasteiger partial charge in [0.15, 0.2) is 0 Å². The molecule has 0 aliphatic rings. The number of para-hydroxylation sites is 1. The molecule has 6 nitrogen and oxygen atoms in total. The molecule has 0 radical (unpaired) electrons. The van der Waals surface area contributed by atoms with Crippen LogP contribution in [0.1, 0.15) is 19.8 Å². The Morgan fingerprint density at radius 1 is 1.25 bits per heavy atom. The topological polar surface area (TPSA) is 77.9 Å². The summed E-state index contributed by atoms with van der Waals surface area (Å²) in [4.78, 5) is 10.9. The van der Waals surface area contributed by atoms with Crippen LogP contribution in [0.2, 0.25) is 0 Å². The van der Waals surface area contributed by atoms with Gasteiger partial charge in [0.05, 0.1) is 5.69 Å².